The van der Waals surface area contributed by atoms with Crippen molar-refractivity contribution < 1.29 is 27.5 Å². The number of aromatic nitrogens is 5. The summed E-state index contributed by atoms with van der Waals surface area (Å²) in [6.45, 7) is 1.40. The molecule has 1 aliphatic heterocycles. The molecule has 1 amide bonds. The third-order valence-corrected chi connectivity index (χ3v) is 7.69. The van der Waals surface area contributed by atoms with Crippen molar-refractivity contribution in [2.24, 2.45) is 0 Å². The van der Waals surface area contributed by atoms with E-state index in [0.29, 0.717) is 22.9 Å². The van der Waals surface area contributed by atoms with Crippen molar-refractivity contribution >= 4 is 46.0 Å². The van der Waals surface area contributed by atoms with Crippen LogP contribution in [0.3, 0.4) is 0 Å². The second kappa shape index (κ2) is 12.0. The van der Waals surface area contributed by atoms with Crippen molar-refractivity contribution in [3.8, 4) is 5.75 Å². The zero-order chi connectivity index (χ0) is 28.1. The van der Waals surface area contributed by atoms with Crippen LogP contribution in [0.4, 0.5) is 24.8 Å². The summed E-state index contributed by atoms with van der Waals surface area (Å²) in [6, 6.07) is 8.60. The summed E-state index contributed by atoms with van der Waals surface area (Å²) < 4.78 is 41.2. The molecule has 0 bridgehead atoms. The number of hydrogen-bond acceptors (Lipinski definition) is 11. The molecule has 5 rings (SSSR count). The molecule has 15 heteroatoms. The maximum atomic E-state index is 12.4. The molecule has 40 heavy (non-hydrogen) atoms. The van der Waals surface area contributed by atoms with E-state index in [1.807, 2.05) is 5.38 Å². The highest BCUT2D eigenvalue weighted by atomic mass is 32.1. The maximum absolute atomic E-state index is 12.4. The van der Waals surface area contributed by atoms with Gasteiger partial charge in [0.2, 0.25) is 5.91 Å². The SMILES string of the molecule is O=C(Cc1cscn1)Cc1nnc(C2CCN(c3ccc(NC(=O)Cc4cccc(OC(F)(F)F)c4)nn3)C2)s1. The van der Waals surface area contributed by atoms with E-state index >= 15 is 0 Å². The van der Waals surface area contributed by atoms with Crippen LogP contribution < -0.4 is 15.0 Å². The number of thiazole rings is 1. The van der Waals surface area contributed by atoms with Gasteiger partial charge in [-0.15, -0.1) is 56.2 Å². The van der Waals surface area contributed by atoms with Crippen LogP contribution in [0.2, 0.25) is 0 Å². The summed E-state index contributed by atoms with van der Waals surface area (Å²) in [5, 5.41) is 22.8. The van der Waals surface area contributed by atoms with Crippen molar-refractivity contribution in [2.75, 3.05) is 23.3 Å². The average molecular weight is 590 g/mol. The van der Waals surface area contributed by atoms with Crippen molar-refractivity contribution in [2.45, 2.75) is 38.0 Å². The molecule has 0 aliphatic carbocycles. The Bertz CT molecular complexity index is 1460. The number of Topliss-reactive ketones (excluding diaryl/α,β-unsaturated/α-hetero) is 1. The standard InChI is InChI=1S/C25H22F3N7O3S2/c26-25(27,28)38-19-3-1-2-15(8-19)9-22(37)30-20-4-5-21(32-31-20)35-7-6-16(12-35)24-34-33-23(40-24)11-18(36)10-17-13-39-14-29-17/h1-5,8,13-14,16H,6-7,9-12H2,(H,30,31,37). The number of hydrogen-bond donors (Lipinski definition) is 1. The molecule has 0 radical (unpaired) electrons. The number of alkyl halides is 3. The molecule has 1 aromatic carbocycles. The molecule has 0 saturated carbocycles. The molecule has 1 fully saturated rings. The Morgan fingerprint density at radius 2 is 1.95 bits per heavy atom. The number of benzene rings is 1. The van der Waals surface area contributed by atoms with Gasteiger partial charge in [-0.3, -0.25) is 9.59 Å². The number of ether oxygens (including phenoxy) is 1. The van der Waals surface area contributed by atoms with Crippen molar-refractivity contribution in [1.29, 1.82) is 0 Å². The van der Waals surface area contributed by atoms with Gasteiger partial charge in [-0.1, -0.05) is 12.1 Å². The Morgan fingerprint density at radius 1 is 1.07 bits per heavy atom. The van der Waals surface area contributed by atoms with E-state index in [0.717, 1.165) is 29.7 Å². The number of anilines is 2. The molecule has 1 unspecified atom stereocenters. The monoisotopic (exact) mass is 589 g/mol. The number of rotatable bonds is 10. The van der Waals surface area contributed by atoms with E-state index in [9.17, 15) is 22.8 Å². The second-order valence-corrected chi connectivity index (χ2v) is 10.8. The van der Waals surface area contributed by atoms with Gasteiger partial charge in [0.15, 0.2) is 11.6 Å². The van der Waals surface area contributed by atoms with Gasteiger partial charge in [0.1, 0.15) is 21.5 Å². The first-order valence-electron chi connectivity index (χ1n) is 12.1. The Kier molecular flexibility index (Phi) is 8.30. The largest absolute Gasteiger partial charge is 0.573 e. The van der Waals surface area contributed by atoms with Crippen LogP contribution in [0.25, 0.3) is 0 Å². The number of nitrogens with zero attached hydrogens (tertiary/aromatic N) is 6. The summed E-state index contributed by atoms with van der Waals surface area (Å²) in [6.07, 6.45) is -3.60. The number of amides is 1. The third-order valence-electron chi connectivity index (χ3n) is 5.97. The maximum Gasteiger partial charge on any atom is 0.573 e. The summed E-state index contributed by atoms with van der Waals surface area (Å²) in [5.74, 6) is 0.218. The molecule has 1 aliphatic rings. The van der Waals surface area contributed by atoms with E-state index in [1.54, 1.807) is 17.6 Å². The number of carbonyl (C=O) groups excluding carboxylic acids is 2. The van der Waals surface area contributed by atoms with Crippen molar-refractivity contribution in [3.05, 3.63) is 68.6 Å². The molecular weight excluding hydrogens is 567 g/mol. The Hall–Kier alpha value is -3.98. The quantitative estimate of drug-likeness (QED) is 0.290. The van der Waals surface area contributed by atoms with Gasteiger partial charge in [-0.2, -0.15) is 0 Å². The lowest BCUT2D eigenvalue weighted by molar-refractivity contribution is -0.274. The van der Waals surface area contributed by atoms with Crippen molar-refractivity contribution in [1.82, 2.24) is 25.4 Å². The average Bonchev–Trinajstić information content (AvgIpc) is 3.66. The van der Waals surface area contributed by atoms with Crippen LogP contribution in [0.5, 0.6) is 5.75 Å². The van der Waals surface area contributed by atoms with Gasteiger partial charge < -0.3 is 15.0 Å². The molecule has 1 saturated heterocycles. The van der Waals surface area contributed by atoms with E-state index in [2.05, 4.69) is 40.3 Å². The third kappa shape index (κ3) is 7.57. The predicted octanol–water partition coefficient (Wildman–Crippen LogP) is 4.21. The molecule has 1 N–H and O–H groups in total. The highest BCUT2D eigenvalue weighted by molar-refractivity contribution is 7.11. The van der Waals surface area contributed by atoms with Gasteiger partial charge in [-0.05, 0) is 36.2 Å². The van der Waals surface area contributed by atoms with Gasteiger partial charge in [0.25, 0.3) is 0 Å². The number of carbonyl (C=O) groups is 2. The van der Waals surface area contributed by atoms with Crippen LogP contribution in [0.1, 0.15) is 33.6 Å². The minimum absolute atomic E-state index is 0.0492. The van der Waals surface area contributed by atoms with Gasteiger partial charge >= 0.3 is 6.36 Å². The van der Waals surface area contributed by atoms with E-state index in [-0.39, 0.29) is 36.8 Å². The van der Waals surface area contributed by atoms with Crippen LogP contribution in [0, 0.1) is 0 Å². The Labute approximate surface area is 234 Å². The minimum Gasteiger partial charge on any atom is -0.406 e. The topological polar surface area (TPSA) is 123 Å². The van der Waals surface area contributed by atoms with E-state index in [1.165, 1.54) is 40.9 Å². The van der Waals surface area contributed by atoms with E-state index < -0.39 is 18.0 Å². The molecule has 1 atom stereocenters. The number of nitrogens with one attached hydrogen (secondary N) is 1. The van der Waals surface area contributed by atoms with Crippen LogP contribution >= 0.6 is 22.7 Å². The molecule has 208 valence electrons. The highest BCUT2D eigenvalue weighted by Crippen LogP contribution is 2.32. The predicted molar refractivity (Wildman–Crippen MR) is 141 cm³/mol. The van der Waals surface area contributed by atoms with Gasteiger partial charge in [0, 0.05) is 30.8 Å². The molecule has 4 heterocycles. The lowest BCUT2D eigenvalue weighted by atomic mass is 10.1. The summed E-state index contributed by atoms with van der Waals surface area (Å²) in [7, 11) is 0. The van der Waals surface area contributed by atoms with Crippen LogP contribution in [-0.4, -0.2) is 56.5 Å². The van der Waals surface area contributed by atoms with Crippen LogP contribution in [0.15, 0.2) is 47.3 Å². The fourth-order valence-electron chi connectivity index (χ4n) is 4.22. The minimum atomic E-state index is -4.81. The zero-order valence-electron chi connectivity index (χ0n) is 20.8. The smallest absolute Gasteiger partial charge is 0.406 e. The van der Waals surface area contributed by atoms with Crippen LogP contribution in [-0.2, 0) is 28.9 Å². The first-order chi connectivity index (χ1) is 19.2. The Balaban J connectivity index is 1.11. The summed E-state index contributed by atoms with van der Waals surface area (Å²) >= 11 is 2.91. The molecule has 3 aromatic heterocycles. The van der Waals surface area contributed by atoms with Crippen molar-refractivity contribution in [3.63, 3.8) is 0 Å². The Morgan fingerprint density at radius 3 is 2.70 bits per heavy atom. The lowest BCUT2D eigenvalue weighted by Gasteiger charge is -2.16. The van der Waals surface area contributed by atoms with Gasteiger partial charge in [-0.25, -0.2) is 4.98 Å². The molecule has 4 aromatic rings. The molecule has 10 nitrogen and oxygen atoms in total. The summed E-state index contributed by atoms with van der Waals surface area (Å²) in [5.41, 5.74) is 2.83. The highest BCUT2D eigenvalue weighted by Gasteiger charge is 2.31. The van der Waals surface area contributed by atoms with Gasteiger partial charge in [0.05, 0.1) is 24.0 Å². The lowest BCUT2D eigenvalue weighted by Crippen LogP contribution is -2.21. The zero-order valence-corrected chi connectivity index (χ0v) is 22.4. The number of ketones is 1. The first kappa shape index (κ1) is 27.6. The number of halogens is 3. The fourth-order valence-corrected chi connectivity index (χ4v) is 5.77. The van der Waals surface area contributed by atoms with E-state index in [4.69, 9.17) is 0 Å². The second-order valence-electron chi connectivity index (χ2n) is 9.03. The molecule has 0 spiro atoms. The summed E-state index contributed by atoms with van der Waals surface area (Å²) in [4.78, 5) is 30.9. The normalized spacial score (nSPS) is 15.3. The first-order valence-corrected chi connectivity index (χ1v) is 13.9. The fraction of sp³-hybridized carbons (Fsp3) is 0.320. The molecular formula is C25H22F3N7O3S2.